The molecule has 128 valence electrons. The van der Waals surface area contributed by atoms with Gasteiger partial charge in [-0.15, -0.1) is 0 Å². The fourth-order valence-corrected chi connectivity index (χ4v) is 2.90. The van der Waals surface area contributed by atoms with Gasteiger partial charge in [0, 0.05) is 25.1 Å². The van der Waals surface area contributed by atoms with Crippen LogP contribution in [0.15, 0.2) is 28.7 Å². The number of nitrogens with zero attached hydrogens (tertiary/aromatic N) is 4. The van der Waals surface area contributed by atoms with Gasteiger partial charge in [0.25, 0.3) is 5.69 Å². The van der Waals surface area contributed by atoms with Gasteiger partial charge in [0.2, 0.25) is 23.4 Å². The van der Waals surface area contributed by atoms with Gasteiger partial charge >= 0.3 is 0 Å². The van der Waals surface area contributed by atoms with Crippen molar-refractivity contribution in [2.24, 2.45) is 11.7 Å². The number of carbonyl (C=O) groups is 1. The SMILES string of the molecule is N#Cc1nc(-c2ccccc2[N+](=O)[O-])oc1N1CCC(C(N)=O)CC1. The van der Waals surface area contributed by atoms with Gasteiger partial charge in [0.05, 0.1) is 4.92 Å². The summed E-state index contributed by atoms with van der Waals surface area (Å²) in [4.78, 5) is 27.8. The standard InChI is InChI=1S/C16H15N5O4/c17-9-12-16(20-7-5-10(6-8-20)14(18)22)25-15(19-12)11-3-1-2-4-13(11)21(23)24/h1-4,10H,5-8H2,(H2,18,22). The molecule has 0 saturated carbocycles. The number of carbonyl (C=O) groups excluding carboxylic acids is 1. The average molecular weight is 341 g/mol. The summed E-state index contributed by atoms with van der Waals surface area (Å²) in [7, 11) is 0. The van der Waals surface area contributed by atoms with Gasteiger partial charge in [-0.25, -0.2) is 0 Å². The molecule has 1 aliphatic heterocycles. The summed E-state index contributed by atoms with van der Waals surface area (Å²) in [6.07, 6.45) is 1.11. The number of oxazole rings is 1. The predicted octanol–water partition coefficient (Wildman–Crippen LogP) is 1.82. The lowest BCUT2D eigenvalue weighted by atomic mass is 9.96. The van der Waals surface area contributed by atoms with Crippen LogP contribution in [0.1, 0.15) is 18.5 Å². The van der Waals surface area contributed by atoms with Gasteiger partial charge in [0.15, 0.2) is 0 Å². The summed E-state index contributed by atoms with van der Waals surface area (Å²) in [5.41, 5.74) is 5.45. The number of nitro groups is 1. The lowest BCUT2D eigenvalue weighted by Crippen LogP contribution is -2.38. The van der Waals surface area contributed by atoms with Crippen molar-refractivity contribution in [3.8, 4) is 17.5 Å². The summed E-state index contributed by atoms with van der Waals surface area (Å²) >= 11 is 0. The van der Waals surface area contributed by atoms with Crippen LogP contribution in [0.5, 0.6) is 0 Å². The summed E-state index contributed by atoms with van der Waals surface area (Å²) in [5.74, 6) is -0.243. The number of primary amides is 1. The normalized spacial score (nSPS) is 14.9. The molecule has 25 heavy (non-hydrogen) atoms. The van der Waals surface area contributed by atoms with Crippen LogP contribution in [0.2, 0.25) is 0 Å². The fourth-order valence-electron chi connectivity index (χ4n) is 2.90. The Bertz CT molecular complexity index is 862. The number of benzene rings is 1. The number of para-hydroxylation sites is 1. The molecule has 0 unspecified atom stereocenters. The van der Waals surface area contributed by atoms with Crippen LogP contribution >= 0.6 is 0 Å². The number of nitro benzene ring substituents is 1. The molecule has 1 aromatic carbocycles. The minimum atomic E-state index is -0.524. The first-order valence-electron chi connectivity index (χ1n) is 7.70. The molecule has 1 fully saturated rings. The summed E-state index contributed by atoms with van der Waals surface area (Å²) in [6.45, 7) is 0.988. The maximum Gasteiger partial charge on any atom is 0.282 e. The van der Waals surface area contributed by atoms with Crippen LogP contribution in [-0.2, 0) is 4.79 Å². The topological polar surface area (TPSA) is 139 Å². The predicted molar refractivity (Wildman–Crippen MR) is 87.4 cm³/mol. The Morgan fingerprint density at radius 3 is 2.68 bits per heavy atom. The van der Waals surface area contributed by atoms with Crippen molar-refractivity contribution in [3.63, 3.8) is 0 Å². The molecule has 9 heteroatoms. The Balaban J connectivity index is 1.93. The maximum absolute atomic E-state index is 11.3. The van der Waals surface area contributed by atoms with E-state index in [0.717, 1.165) is 0 Å². The van der Waals surface area contributed by atoms with Crippen molar-refractivity contribution in [1.29, 1.82) is 5.26 Å². The first-order chi connectivity index (χ1) is 12.0. The van der Waals surface area contributed by atoms with E-state index in [-0.39, 0.29) is 40.5 Å². The van der Waals surface area contributed by atoms with Crippen molar-refractivity contribution in [2.45, 2.75) is 12.8 Å². The highest BCUT2D eigenvalue weighted by atomic mass is 16.6. The van der Waals surface area contributed by atoms with Crippen LogP contribution in [0, 0.1) is 27.4 Å². The number of aromatic nitrogens is 1. The number of hydrogen-bond acceptors (Lipinski definition) is 7. The van der Waals surface area contributed by atoms with Gasteiger partial charge in [-0.1, -0.05) is 12.1 Å². The lowest BCUT2D eigenvalue weighted by Gasteiger charge is -2.30. The van der Waals surface area contributed by atoms with E-state index in [0.29, 0.717) is 25.9 Å². The molecule has 3 rings (SSSR count). The third kappa shape index (κ3) is 3.14. The zero-order chi connectivity index (χ0) is 18.0. The molecular weight excluding hydrogens is 326 g/mol. The van der Waals surface area contributed by atoms with E-state index < -0.39 is 4.92 Å². The van der Waals surface area contributed by atoms with Crippen LogP contribution in [0.25, 0.3) is 11.5 Å². The van der Waals surface area contributed by atoms with E-state index in [1.54, 1.807) is 12.1 Å². The van der Waals surface area contributed by atoms with Crippen LogP contribution < -0.4 is 10.6 Å². The van der Waals surface area contributed by atoms with Gasteiger partial charge in [-0.05, 0) is 18.9 Å². The summed E-state index contributed by atoms with van der Waals surface area (Å²) in [6, 6.07) is 8.01. The molecule has 1 amide bonds. The highest BCUT2D eigenvalue weighted by Crippen LogP contribution is 2.34. The van der Waals surface area contributed by atoms with Crippen molar-refractivity contribution in [2.75, 3.05) is 18.0 Å². The molecule has 0 radical (unpaired) electrons. The number of nitrogens with two attached hydrogens (primary N) is 1. The average Bonchev–Trinajstić information content (AvgIpc) is 3.06. The molecule has 0 bridgehead atoms. The molecule has 9 nitrogen and oxygen atoms in total. The smallest absolute Gasteiger partial charge is 0.282 e. The Kier molecular flexibility index (Phi) is 4.35. The van der Waals surface area contributed by atoms with Crippen LogP contribution in [0.3, 0.4) is 0 Å². The molecular formula is C16H15N5O4. The zero-order valence-corrected chi connectivity index (χ0v) is 13.2. The number of hydrogen-bond donors (Lipinski definition) is 1. The first-order valence-corrected chi connectivity index (χ1v) is 7.70. The van der Waals surface area contributed by atoms with E-state index in [1.807, 2.05) is 11.0 Å². The molecule has 0 spiro atoms. The molecule has 0 atom stereocenters. The first kappa shape index (κ1) is 16.4. The third-order valence-corrected chi connectivity index (χ3v) is 4.23. The van der Waals surface area contributed by atoms with Crippen LogP contribution in [-0.4, -0.2) is 28.9 Å². The Labute approximate surface area is 142 Å². The van der Waals surface area contributed by atoms with E-state index >= 15 is 0 Å². The van der Waals surface area contributed by atoms with Gasteiger partial charge in [-0.2, -0.15) is 10.2 Å². The van der Waals surface area contributed by atoms with Crippen molar-refractivity contribution < 1.29 is 14.1 Å². The monoisotopic (exact) mass is 341 g/mol. The number of anilines is 1. The quantitative estimate of drug-likeness (QED) is 0.660. The second kappa shape index (κ2) is 6.60. The minimum Gasteiger partial charge on any atom is -0.419 e. The molecule has 1 aromatic heterocycles. The molecule has 2 aromatic rings. The molecule has 2 heterocycles. The van der Waals surface area contributed by atoms with Gasteiger partial charge < -0.3 is 15.1 Å². The van der Waals surface area contributed by atoms with Crippen molar-refractivity contribution >= 4 is 17.5 Å². The number of nitriles is 1. The number of piperidine rings is 1. The van der Waals surface area contributed by atoms with Crippen molar-refractivity contribution in [1.82, 2.24) is 4.98 Å². The number of rotatable bonds is 4. The molecule has 0 aliphatic carbocycles. The second-order valence-electron chi connectivity index (χ2n) is 5.72. The fraction of sp³-hybridized carbons (Fsp3) is 0.312. The third-order valence-electron chi connectivity index (χ3n) is 4.23. The van der Waals surface area contributed by atoms with Gasteiger partial charge in [-0.3, -0.25) is 14.9 Å². The van der Waals surface area contributed by atoms with E-state index in [1.165, 1.54) is 12.1 Å². The van der Waals surface area contributed by atoms with E-state index in [4.69, 9.17) is 10.2 Å². The number of amides is 1. The maximum atomic E-state index is 11.3. The van der Waals surface area contributed by atoms with E-state index in [2.05, 4.69) is 4.98 Å². The summed E-state index contributed by atoms with van der Waals surface area (Å²) in [5, 5.41) is 20.5. The highest BCUT2D eigenvalue weighted by Gasteiger charge is 2.29. The Morgan fingerprint density at radius 2 is 2.08 bits per heavy atom. The van der Waals surface area contributed by atoms with Crippen molar-refractivity contribution in [3.05, 3.63) is 40.1 Å². The Hall–Kier alpha value is -3.41. The minimum absolute atomic E-state index is 0.0240. The molecule has 1 saturated heterocycles. The summed E-state index contributed by atoms with van der Waals surface area (Å²) < 4.78 is 5.69. The molecule has 2 N–H and O–H groups in total. The molecule has 1 aliphatic rings. The van der Waals surface area contributed by atoms with Crippen LogP contribution in [0.4, 0.5) is 11.6 Å². The van der Waals surface area contributed by atoms with Gasteiger partial charge in [0.1, 0.15) is 11.6 Å². The lowest BCUT2D eigenvalue weighted by molar-refractivity contribution is -0.384. The highest BCUT2D eigenvalue weighted by molar-refractivity contribution is 5.77. The second-order valence-corrected chi connectivity index (χ2v) is 5.72. The largest absolute Gasteiger partial charge is 0.419 e. The zero-order valence-electron chi connectivity index (χ0n) is 13.2. The van der Waals surface area contributed by atoms with E-state index in [9.17, 15) is 20.2 Å². The Morgan fingerprint density at radius 1 is 1.40 bits per heavy atom.